The van der Waals surface area contributed by atoms with Gasteiger partial charge in [0.2, 0.25) is 0 Å². The first-order valence-electron chi connectivity index (χ1n) is 5.84. The van der Waals surface area contributed by atoms with Crippen molar-refractivity contribution in [3.63, 3.8) is 0 Å². The predicted octanol–water partition coefficient (Wildman–Crippen LogP) is 4.85. The van der Waals surface area contributed by atoms with E-state index in [2.05, 4.69) is 26.1 Å². The molecule has 0 bridgehead atoms. The van der Waals surface area contributed by atoms with E-state index in [1.807, 2.05) is 12.1 Å². The van der Waals surface area contributed by atoms with Gasteiger partial charge in [0, 0.05) is 16.6 Å². The number of alkyl halides is 2. The first-order chi connectivity index (χ1) is 8.02. The zero-order chi connectivity index (χ0) is 12.8. The van der Waals surface area contributed by atoms with Gasteiger partial charge in [-0.15, -0.1) is 0 Å². The fourth-order valence-corrected chi connectivity index (χ4v) is 2.19. The molecule has 1 unspecified atom stereocenters. The number of anilines is 1. The van der Waals surface area contributed by atoms with Crippen molar-refractivity contribution in [3.05, 3.63) is 24.3 Å². The van der Waals surface area contributed by atoms with Crippen molar-refractivity contribution in [3.8, 4) is 0 Å². The van der Waals surface area contributed by atoms with Crippen LogP contribution in [0.2, 0.25) is 0 Å². The van der Waals surface area contributed by atoms with Gasteiger partial charge >= 0.3 is 0 Å². The Labute approximate surface area is 106 Å². The molecule has 1 N–H and O–H groups in total. The molecule has 0 radical (unpaired) electrons. The number of thioether (sulfide) groups is 1. The molecule has 0 saturated carbocycles. The zero-order valence-electron chi connectivity index (χ0n) is 10.4. The van der Waals surface area contributed by atoms with Crippen LogP contribution in [0.5, 0.6) is 0 Å². The molecule has 0 heterocycles. The van der Waals surface area contributed by atoms with Crippen LogP contribution in [0.25, 0.3) is 0 Å². The van der Waals surface area contributed by atoms with Gasteiger partial charge in [0.25, 0.3) is 5.76 Å². The van der Waals surface area contributed by atoms with Crippen LogP contribution in [-0.4, -0.2) is 11.8 Å². The van der Waals surface area contributed by atoms with Crippen molar-refractivity contribution in [2.24, 2.45) is 5.92 Å². The normalized spacial score (nSPS) is 13.1. The molecule has 0 spiro atoms. The second-order valence-corrected chi connectivity index (χ2v) is 5.37. The summed E-state index contributed by atoms with van der Waals surface area (Å²) in [6, 6.07) is 7.59. The molecule has 96 valence electrons. The van der Waals surface area contributed by atoms with Crippen molar-refractivity contribution in [2.75, 3.05) is 5.32 Å². The highest BCUT2D eigenvalue weighted by atomic mass is 32.2. The van der Waals surface area contributed by atoms with Crippen molar-refractivity contribution in [1.82, 2.24) is 0 Å². The zero-order valence-corrected chi connectivity index (χ0v) is 11.2. The summed E-state index contributed by atoms with van der Waals surface area (Å²) >= 11 is 0.577. The lowest BCUT2D eigenvalue weighted by atomic mass is 10.0. The summed E-state index contributed by atoms with van der Waals surface area (Å²) in [4.78, 5) is 0.600. The van der Waals surface area contributed by atoms with E-state index in [4.69, 9.17) is 0 Å². The maximum Gasteiger partial charge on any atom is 0.288 e. The van der Waals surface area contributed by atoms with E-state index in [-0.39, 0.29) is 0 Å². The van der Waals surface area contributed by atoms with E-state index >= 15 is 0 Å². The average molecular weight is 259 g/mol. The molecule has 0 saturated heterocycles. The molecule has 0 amide bonds. The third-order valence-corrected chi connectivity index (χ3v) is 3.40. The van der Waals surface area contributed by atoms with Gasteiger partial charge in [-0.05, 0) is 36.6 Å². The van der Waals surface area contributed by atoms with Gasteiger partial charge < -0.3 is 5.32 Å². The smallest absolute Gasteiger partial charge is 0.288 e. The molecule has 1 atom stereocenters. The standard InChI is InChI=1S/C13H19F2NS/c1-4-12(9(2)3)16-10-5-7-11(8-6-10)17-13(14)15/h5-9,12-13,16H,4H2,1-3H3. The van der Waals surface area contributed by atoms with Crippen molar-refractivity contribution in [2.45, 2.75) is 43.9 Å². The summed E-state index contributed by atoms with van der Waals surface area (Å²) < 4.78 is 24.3. The summed E-state index contributed by atoms with van der Waals surface area (Å²) in [6.07, 6.45) is 1.05. The molecular weight excluding hydrogens is 240 g/mol. The molecule has 1 rings (SSSR count). The number of hydrogen-bond acceptors (Lipinski definition) is 2. The van der Waals surface area contributed by atoms with Crippen molar-refractivity contribution < 1.29 is 8.78 Å². The summed E-state index contributed by atoms with van der Waals surface area (Å²) in [5.41, 5.74) is 0.990. The minimum atomic E-state index is -2.35. The highest BCUT2D eigenvalue weighted by molar-refractivity contribution is 7.99. The van der Waals surface area contributed by atoms with Gasteiger partial charge in [0.1, 0.15) is 0 Å². The Morgan fingerprint density at radius 1 is 1.18 bits per heavy atom. The van der Waals surface area contributed by atoms with Crippen LogP contribution in [0.15, 0.2) is 29.2 Å². The summed E-state index contributed by atoms with van der Waals surface area (Å²) in [7, 11) is 0. The van der Waals surface area contributed by atoms with Gasteiger partial charge in [0.05, 0.1) is 0 Å². The van der Waals surface area contributed by atoms with Crippen LogP contribution in [-0.2, 0) is 0 Å². The van der Waals surface area contributed by atoms with E-state index in [0.717, 1.165) is 12.1 Å². The summed E-state index contributed by atoms with van der Waals surface area (Å²) in [5.74, 6) is -1.80. The molecule has 1 nitrogen and oxygen atoms in total. The molecule has 1 aromatic rings. The lowest BCUT2D eigenvalue weighted by Crippen LogP contribution is -2.24. The Hall–Kier alpha value is -0.770. The van der Waals surface area contributed by atoms with E-state index in [9.17, 15) is 8.78 Å². The fourth-order valence-electron chi connectivity index (χ4n) is 1.69. The van der Waals surface area contributed by atoms with E-state index < -0.39 is 5.76 Å². The molecule has 1 aromatic carbocycles. The third-order valence-electron chi connectivity index (χ3n) is 2.68. The van der Waals surface area contributed by atoms with Gasteiger partial charge in [-0.3, -0.25) is 0 Å². The van der Waals surface area contributed by atoms with Gasteiger partial charge in [-0.1, -0.05) is 32.5 Å². The van der Waals surface area contributed by atoms with E-state index in [0.29, 0.717) is 28.6 Å². The maximum absolute atomic E-state index is 12.1. The van der Waals surface area contributed by atoms with Crippen molar-refractivity contribution in [1.29, 1.82) is 0 Å². The monoisotopic (exact) mass is 259 g/mol. The van der Waals surface area contributed by atoms with E-state index in [1.54, 1.807) is 12.1 Å². The SMILES string of the molecule is CCC(Nc1ccc(SC(F)F)cc1)C(C)C. The number of hydrogen-bond donors (Lipinski definition) is 1. The number of nitrogens with one attached hydrogen (secondary N) is 1. The van der Waals surface area contributed by atoms with Crippen LogP contribution < -0.4 is 5.32 Å². The van der Waals surface area contributed by atoms with Crippen LogP contribution in [0.3, 0.4) is 0 Å². The van der Waals surface area contributed by atoms with Crippen LogP contribution in [0.4, 0.5) is 14.5 Å². The summed E-state index contributed by atoms with van der Waals surface area (Å²) in [6.45, 7) is 6.48. The number of benzene rings is 1. The largest absolute Gasteiger partial charge is 0.382 e. The Kier molecular flexibility index (Phi) is 5.75. The van der Waals surface area contributed by atoms with Gasteiger partial charge in [-0.25, -0.2) is 0 Å². The first-order valence-corrected chi connectivity index (χ1v) is 6.72. The van der Waals surface area contributed by atoms with Gasteiger partial charge in [0.15, 0.2) is 0 Å². The molecule has 0 aliphatic heterocycles. The minimum Gasteiger partial charge on any atom is -0.382 e. The third kappa shape index (κ3) is 4.94. The predicted molar refractivity (Wildman–Crippen MR) is 70.8 cm³/mol. The molecule has 0 fully saturated rings. The molecular formula is C13H19F2NS. The Morgan fingerprint density at radius 3 is 2.18 bits per heavy atom. The molecule has 0 aliphatic carbocycles. The number of halogens is 2. The molecule has 0 aromatic heterocycles. The lowest BCUT2D eigenvalue weighted by molar-refractivity contribution is 0.252. The topological polar surface area (TPSA) is 12.0 Å². The molecule has 17 heavy (non-hydrogen) atoms. The quantitative estimate of drug-likeness (QED) is 0.733. The Morgan fingerprint density at radius 2 is 1.76 bits per heavy atom. The van der Waals surface area contributed by atoms with E-state index in [1.165, 1.54) is 0 Å². The fraction of sp³-hybridized carbons (Fsp3) is 0.538. The minimum absolute atomic E-state index is 0.420. The van der Waals surface area contributed by atoms with Gasteiger partial charge in [-0.2, -0.15) is 8.78 Å². The van der Waals surface area contributed by atoms with Crippen LogP contribution >= 0.6 is 11.8 Å². The Bertz CT molecular complexity index is 325. The van der Waals surface area contributed by atoms with Crippen LogP contribution in [0.1, 0.15) is 27.2 Å². The number of rotatable bonds is 6. The van der Waals surface area contributed by atoms with Crippen molar-refractivity contribution >= 4 is 17.4 Å². The maximum atomic E-state index is 12.1. The second-order valence-electron chi connectivity index (χ2n) is 4.31. The van der Waals surface area contributed by atoms with Crippen LogP contribution in [0, 0.1) is 5.92 Å². The first kappa shape index (κ1) is 14.3. The summed E-state index contributed by atoms with van der Waals surface area (Å²) in [5, 5.41) is 3.41. The highest BCUT2D eigenvalue weighted by Crippen LogP contribution is 2.26. The average Bonchev–Trinajstić information content (AvgIpc) is 2.26. The Balaban J connectivity index is 2.61. The lowest BCUT2D eigenvalue weighted by Gasteiger charge is -2.22. The highest BCUT2D eigenvalue weighted by Gasteiger charge is 2.10. The molecule has 4 heteroatoms. The molecule has 0 aliphatic rings. The second kappa shape index (κ2) is 6.84.